The molecule has 0 bridgehead atoms. The molecule has 18 heavy (non-hydrogen) atoms. The van der Waals surface area contributed by atoms with E-state index in [2.05, 4.69) is 15.0 Å². The van der Waals surface area contributed by atoms with Gasteiger partial charge in [0.2, 0.25) is 0 Å². The predicted octanol–water partition coefficient (Wildman–Crippen LogP) is 3.21. The topological polar surface area (TPSA) is 55.1 Å². The van der Waals surface area contributed by atoms with E-state index in [0.717, 1.165) is 12.0 Å². The van der Waals surface area contributed by atoms with E-state index in [4.69, 9.17) is 11.6 Å². The molecule has 0 radical (unpaired) electrons. The Balaban J connectivity index is 2.10. The van der Waals surface area contributed by atoms with Crippen molar-refractivity contribution in [3.8, 4) is 0 Å². The molecular formula is C13H13ClN2O2. The highest BCUT2D eigenvalue weighted by molar-refractivity contribution is 6.30. The van der Waals surface area contributed by atoms with Crippen molar-refractivity contribution in [1.82, 2.24) is 10.5 Å². The predicted molar refractivity (Wildman–Crippen MR) is 68.5 cm³/mol. The Kier molecular flexibility index (Phi) is 3.99. The van der Waals surface area contributed by atoms with Gasteiger partial charge < -0.3 is 9.84 Å². The zero-order valence-electron chi connectivity index (χ0n) is 9.89. The number of hydrogen-bond acceptors (Lipinski definition) is 3. The summed E-state index contributed by atoms with van der Waals surface area (Å²) in [6.07, 6.45) is 2.16. The maximum atomic E-state index is 11.9. The second-order valence-corrected chi connectivity index (χ2v) is 4.31. The number of benzene rings is 1. The molecule has 5 heteroatoms. The van der Waals surface area contributed by atoms with Gasteiger partial charge in [0, 0.05) is 11.1 Å². The largest absolute Gasteiger partial charge is 0.364 e. The number of carbonyl (C=O) groups excluding carboxylic acids is 1. The van der Waals surface area contributed by atoms with Crippen molar-refractivity contribution in [2.75, 3.05) is 0 Å². The monoisotopic (exact) mass is 264 g/mol. The van der Waals surface area contributed by atoms with Crippen LogP contribution in [-0.4, -0.2) is 11.1 Å². The van der Waals surface area contributed by atoms with Crippen molar-refractivity contribution in [2.24, 2.45) is 0 Å². The minimum absolute atomic E-state index is 0.0635. The van der Waals surface area contributed by atoms with Gasteiger partial charge >= 0.3 is 0 Å². The third kappa shape index (κ3) is 2.90. The van der Waals surface area contributed by atoms with Gasteiger partial charge in [-0.2, -0.15) is 0 Å². The molecule has 1 aromatic carbocycles. The number of carbonyl (C=O) groups is 1. The molecular weight excluding hydrogens is 252 g/mol. The standard InChI is InChI=1S/C13H13ClN2O2/c1-2-11(9-3-5-10(14)6-4-9)15-13(17)12-7-8-18-16-12/h3-8,11H,2H2,1H3,(H,15,17)/t11-/m0/s1. The highest BCUT2D eigenvalue weighted by Crippen LogP contribution is 2.19. The minimum atomic E-state index is -0.245. The molecule has 1 N–H and O–H groups in total. The quantitative estimate of drug-likeness (QED) is 0.923. The summed E-state index contributed by atoms with van der Waals surface area (Å²) >= 11 is 5.84. The van der Waals surface area contributed by atoms with Gasteiger partial charge in [0.25, 0.3) is 5.91 Å². The van der Waals surface area contributed by atoms with Crippen molar-refractivity contribution in [1.29, 1.82) is 0 Å². The fourth-order valence-electron chi connectivity index (χ4n) is 1.68. The number of amides is 1. The number of halogens is 1. The first kappa shape index (κ1) is 12.6. The van der Waals surface area contributed by atoms with Crippen LogP contribution in [0.3, 0.4) is 0 Å². The molecule has 1 amide bonds. The van der Waals surface area contributed by atoms with Gasteiger partial charge in [0.1, 0.15) is 6.26 Å². The van der Waals surface area contributed by atoms with Crippen LogP contribution < -0.4 is 5.32 Å². The molecule has 1 atom stereocenters. The number of aromatic nitrogens is 1. The van der Waals surface area contributed by atoms with Gasteiger partial charge in [-0.3, -0.25) is 4.79 Å². The lowest BCUT2D eigenvalue weighted by Crippen LogP contribution is -2.28. The van der Waals surface area contributed by atoms with Crippen LogP contribution in [-0.2, 0) is 0 Å². The van der Waals surface area contributed by atoms with E-state index in [-0.39, 0.29) is 17.6 Å². The van der Waals surface area contributed by atoms with Crippen molar-refractivity contribution in [3.05, 3.63) is 52.9 Å². The van der Waals surface area contributed by atoms with Crippen molar-refractivity contribution < 1.29 is 9.32 Å². The first-order chi connectivity index (χ1) is 8.70. The second kappa shape index (κ2) is 5.69. The van der Waals surface area contributed by atoms with Gasteiger partial charge in [0.15, 0.2) is 5.69 Å². The molecule has 0 aliphatic heterocycles. The van der Waals surface area contributed by atoms with Gasteiger partial charge in [-0.25, -0.2) is 0 Å². The van der Waals surface area contributed by atoms with E-state index >= 15 is 0 Å². The van der Waals surface area contributed by atoms with Crippen LogP contribution in [0.5, 0.6) is 0 Å². The lowest BCUT2D eigenvalue weighted by atomic mass is 10.0. The Labute approximate surface area is 110 Å². The fraction of sp³-hybridized carbons (Fsp3) is 0.231. The molecule has 94 valence electrons. The Hall–Kier alpha value is -1.81. The van der Waals surface area contributed by atoms with E-state index in [0.29, 0.717) is 5.02 Å². The summed E-state index contributed by atoms with van der Waals surface area (Å²) in [5.74, 6) is -0.245. The van der Waals surface area contributed by atoms with Crippen LogP contribution >= 0.6 is 11.6 Å². The molecule has 0 fully saturated rings. The summed E-state index contributed by atoms with van der Waals surface area (Å²) in [7, 11) is 0. The Morgan fingerprint density at radius 1 is 1.39 bits per heavy atom. The normalized spacial score (nSPS) is 12.1. The molecule has 0 aliphatic carbocycles. The van der Waals surface area contributed by atoms with Crippen LogP contribution in [0.2, 0.25) is 5.02 Å². The number of rotatable bonds is 4. The summed E-state index contributed by atoms with van der Waals surface area (Å²) in [6.45, 7) is 2.00. The SMILES string of the molecule is CC[C@H](NC(=O)c1ccon1)c1ccc(Cl)cc1. The molecule has 2 rings (SSSR count). The van der Waals surface area contributed by atoms with E-state index in [1.807, 2.05) is 31.2 Å². The zero-order chi connectivity index (χ0) is 13.0. The maximum Gasteiger partial charge on any atom is 0.273 e. The Morgan fingerprint density at radius 3 is 2.67 bits per heavy atom. The van der Waals surface area contributed by atoms with Crippen LogP contribution in [0.15, 0.2) is 41.1 Å². The lowest BCUT2D eigenvalue weighted by molar-refractivity contribution is 0.0926. The Bertz CT molecular complexity index is 508. The van der Waals surface area contributed by atoms with Crippen molar-refractivity contribution >= 4 is 17.5 Å². The first-order valence-corrected chi connectivity index (χ1v) is 6.05. The van der Waals surface area contributed by atoms with Gasteiger partial charge in [-0.1, -0.05) is 35.8 Å². The molecule has 0 saturated carbocycles. The van der Waals surface area contributed by atoms with Crippen molar-refractivity contribution in [2.45, 2.75) is 19.4 Å². The third-order valence-electron chi connectivity index (χ3n) is 2.66. The van der Waals surface area contributed by atoms with Crippen LogP contribution in [0.4, 0.5) is 0 Å². The summed E-state index contributed by atoms with van der Waals surface area (Å²) in [6, 6.07) is 8.89. The number of nitrogens with one attached hydrogen (secondary N) is 1. The fourth-order valence-corrected chi connectivity index (χ4v) is 1.80. The molecule has 0 aliphatic rings. The number of hydrogen-bond donors (Lipinski definition) is 1. The van der Waals surface area contributed by atoms with E-state index in [1.54, 1.807) is 0 Å². The van der Waals surface area contributed by atoms with Gasteiger partial charge in [-0.15, -0.1) is 0 Å². The molecule has 0 unspecified atom stereocenters. The highest BCUT2D eigenvalue weighted by atomic mass is 35.5. The number of nitrogens with zero attached hydrogens (tertiary/aromatic N) is 1. The Morgan fingerprint density at radius 2 is 2.11 bits per heavy atom. The second-order valence-electron chi connectivity index (χ2n) is 3.87. The third-order valence-corrected chi connectivity index (χ3v) is 2.91. The van der Waals surface area contributed by atoms with E-state index in [9.17, 15) is 4.79 Å². The molecule has 1 heterocycles. The maximum absolute atomic E-state index is 11.9. The molecule has 0 saturated heterocycles. The molecule has 4 nitrogen and oxygen atoms in total. The van der Waals surface area contributed by atoms with Gasteiger partial charge in [-0.05, 0) is 24.1 Å². The molecule has 0 spiro atoms. The summed E-state index contributed by atoms with van der Waals surface area (Å²) < 4.78 is 4.64. The van der Waals surface area contributed by atoms with E-state index in [1.165, 1.54) is 12.3 Å². The van der Waals surface area contributed by atoms with Crippen molar-refractivity contribution in [3.63, 3.8) is 0 Å². The average Bonchev–Trinajstić information content (AvgIpc) is 2.91. The molecule has 2 aromatic rings. The van der Waals surface area contributed by atoms with E-state index < -0.39 is 0 Å². The van der Waals surface area contributed by atoms with Crippen LogP contribution in [0.1, 0.15) is 35.4 Å². The first-order valence-electron chi connectivity index (χ1n) is 5.67. The average molecular weight is 265 g/mol. The summed E-state index contributed by atoms with van der Waals surface area (Å²) in [5.41, 5.74) is 1.29. The minimum Gasteiger partial charge on any atom is -0.364 e. The van der Waals surface area contributed by atoms with Gasteiger partial charge in [0.05, 0.1) is 6.04 Å². The van der Waals surface area contributed by atoms with Crippen LogP contribution in [0, 0.1) is 0 Å². The highest BCUT2D eigenvalue weighted by Gasteiger charge is 2.15. The zero-order valence-corrected chi connectivity index (χ0v) is 10.6. The molecule has 1 aromatic heterocycles. The summed E-state index contributed by atoms with van der Waals surface area (Å²) in [4.78, 5) is 11.9. The lowest BCUT2D eigenvalue weighted by Gasteiger charge is -2.16. The summed E-state index contributed by atoms with van der Waals surface area (Å²) in [5, 5.41) is 7.18. The smallest absolute Gasteiger partial charge is 0.273 e. The van der Waals surface area contributed by atoms with Crippen LogP contribution in [0.25, 0.3) is 0 Å².